The van der Waals surface area contributed by atoms with Crippen LogP contribution in [0.5, 0.6) is 0 Å². The van der Waals surface area contributed by atoms with Crippen LogP contribution in [0.15, 0.2) is 9.42 Å². The molecule has 1 amide bonds. The first-order chi connectivity index (χ1) is 11.4. The predicted molar refractivity (Wildman–Crippen MR) is 91.2 cm³/mol. The Morgan fingerprint density at radius 2 is 1.92 bits per heavy atom. The molecule has 2 aliphatic heterocycles. The zero-order chi connectivity index (χ0) is 17.3. The lowest BCUT2D eigenvalue weighted by atomic mass is 10.2. The fraction of sp³-hybridized carbons (Fsp3) is 0.714. The van der Waals surface area contributed by atoms with E-state index in [0.717, 1.165) is 6.54 Å². The van der Waals surface area contributed by atoms with Crippen molar-refractivity contribution in [2.75, 3.05) is 45.9 Å². The van der Waals surface area contributed by atoms with Crippen LogP contribution in [0.3, 0.4) is 0 Å². The first-order valence-corrected chi connectivity index (χ1v) is 9.39. The van der Waals surface area contributed by atoms with Crippen molar-refractivity contribution in [3.05, 3.63) is 11.5 Å². The molecule has 1 aromatic heterocycles. The van der Waals surface area contributed by atoms with Gasteiger partial charge in [-0.15, -0.1) is 12.4 Å². The Morgan fingerprint density at radius 3 is 2.44 bits per heavy atom. The molecule has 1 unspecified atom stereocenters. The van der Waals surface area contributed by atoms with Crippen LogP contribution in [0.2, 0.25) is 0 Å². The molecule has 1 aromatic rings. The van der Waals surface area contributed by atoms with Gasteiger partial charge in [0, 0.05) is 39.3 Å². The summed E-state index contributed by atoms with van der Waals surface area (Å²) in [6, 6.07) is 0. The number of carbonyl (C=O) groups is 1. The van der Waals surface area contributed by atoms with Gasteiger partial charge in [0.2, 0.25) is 10.0 Å². The van der Waals surface area contributed by atoms with Crippen LogP contribution in [-0.4, -0.2) is 80.7 Å². The molecule has 0 bridgehead atoms. The smallest absolute Gasteiger partial charge is 0.253 e. The van der Waals surface area contributed by atoms with E-state index in [9.17, 15) is 13.2 Å². The highest BCUT2D eigenvalue weighted by Crippen LogP contribution is 2.24. The fourth-order valence-corrected chi connectivity index (χ4v) is 4.76. The zero-order valence-corrected chi connectivity index (χ0v) is 15.9. The Balaban J connectivity index is 0.00000225. The summed E-state index contributed by atoms with van der Waals surface area (Å²) in [7, 11) is -3.66. The standard InChI is InChI=1S/C14H22N4O5S.ClH/c1-10-13(11(2)23-16-10)24(20,21)18-6-4-17(5-7-18)14(19)12-9-15-3-8-22-12;/h12,15H,3-9H2,1-2H3;1H. The second kappa shape index (κ2) is 8.00. The van der Waals surface area contributed by atoms with Crippen molar-refractivity contribution in [1.29, 1.82) is 0 Å². The fourth-order valence-electron chi connectivity index (χ4n) is 3.05. The number of sulfonamides is 1. The van der Waals surface area contributed by atoms with Crippen LogP contribution in [-0.2, 0) is 19.6 Å². The van der Waals surface area contributed by atoms with Gasteiger partial charge in [0.25, 0.3) is 5.91 Å². The summed E-state index contributed by atoms with van der Waals surface area (Å²) in [5.41, 5.74) is 0.354. The Labute approximate surface area is 153 Å². The largest absolute Gasteiger partial charge is 0.366 e. The second-order valence-corrected chi connectivity index (χ2v) is 7.82. The van der Waals surface area contributed by atoms with Crippen LogP contribution in [0.1, 0.15) is 11.5 Å². The van der Waals surface area contributed by atoms with E-state index in [1.807, 2.05) is 0 Å². The summed E-state index contributed by atoms with van der Waals surface area (Å²) >= 11 is 0. The molecule has 1 N–H and O–H groups in total. The molecule has 3 rings (SSSR count). The monoisotopic (exact) mass is 394 g/mol. The van der Waals surface area contributed by atoms with Gasteiger partial charge < -0.3 is 19.5 Å². The predicted octanol–water partition coefficient (Wildman–Crippen LogP) is -0.465. The van der Waals surface area contributed by atoms with E-state index in [2.05, 4.69) is 10.5 Å². The number of piperazine rings is 1. The van der Waals surface area contributed by atoms with Gasteiger partial charge in [0.1, 0.15) is 16.7 Å². The van der Waals surface area contributed by atoms with E-state index in [4.69, 9.17) is 9.26 Å². The minimum absolute atomic E-state index is 0. The number of ether oxygens (including phenoxy) is 1. The highest BCUT2D eigenvalue weighted by atomic mass is 35.5. The number of amides is 1. The van der Waals surface area contributed by atoms with Crippen molar-refractivity contribution in [2.45, 2.75) is 24.8 Å². The van der Waals surface area contributed by atoms with E-state index >= 15 is 0 Å². The number of nitrogens with zero attached hydrogens (tertiary/aromatic N) is 3. The molecule has 0 aromatic carbocycles. The summed E-state index contributed by atoms with van der Waals surface area (Å²) in [5.74, 6) is 0.198. The molecule has 0 spiro atoms. The molecule has 0 saturated carbocycles. The number of rotatable bonds is 3. The maximum Gasteiger partial charge on any atom is 0.253 e. The van der Waals surface area contributed by atoms with Gasteiger partial charge in [-0.05, 0) is 13.8 Å². The lowest BCUT2D eigenvalue weighted by molar-refractivity contribution is -0.146. The Bertz CT molecular complexity index is 689. The lowest BCUT2D eigenvalue weighted by Crippen LogP contribution is -2.55. The number of hydrogen-bond acceptors (Lipinski definition) is 7. The first-order valence-electron chi connectivity index (χ1n) is 7.95. The number of nitrogens with one attached hydrogen (secondary N) is 1. The third-order valence-corrected chi connectivity index (χ3v) is 6.46. The minimum Gasteiger partial charge on any atom is -0.366 e. The number of aromatic nitrogens is 1. The second-order valence-electron chi connectivity index (χ2n) is 5.95. The number of hydrogen-bond donors (Lipinski definition) is 1. The van der Waals surface area contributed by atoms with Crippen molar-refractivity contribution < 1.29 is 22.5 Å². The van der Waals surface area contributed by atoms with Gasteiger partial charge in [-0.1, -0.05) is 5.16 Å². The number of carbonyl (C=O) groups excluding carboxylic acids is 1. The van der Waals surface area contributed by atoms with Crippen molar-refractivity contribution in [3.63, 3.8) is 0 Å². The molecule has 142 valence electrons. The third-order valence-electron chi connectivity index (χ3n) is 4.32. The van der Waals surface area contributed by atoms with Crippen molar-refractivity contribution in [3.8, 4) is 0 Å². The average molecular weight is 395 g/mol. The molecule has 2 saturated heterocycles. The van der Waals surface area contributed by atoms with Crippen LogP contribution in [0, 0.1) is 13.8 Å². The topological polar surface area (TPSA) is 105 Å². The van der Waals surface area contributed by atoms with E-state index in [1.54, 1.807) is 18.7 Å². The number of halogens is 1. The van der Waals surface area contributed by atoms with E-state index in [-0.39, 0.29) is 42.1 Å². The maximum atomic E-state index is 12.8. The van der Waals surface area contributed by atoms with Crippen molar-refractivity contribution >= 4 is 28.3 Å². The molecule has 25 heavy (non-hydrogen) atoms. The van der Waals surface area contributed by atoms with Gasteiger partial charge in [0.05, 0.1) is 6.61 Å². The molecule has 3 heterocycles. The summed E-state index contributed by atoms with van der Waals surface area (Å²) in [5, 5.41) is 6.84. The van der Waals surface area contributed by atoms with Crippen molar-refractivity contribution in [1.82, 2.24) is 19.7 Å². The zero-order valence-electron chi connectivity index (χ0n) is 14.2. The van der Waals surface area contributed by atoms with Crippen LogP contribution >= 0.6 is 12.4 Å². The summed E-state index contributed by atoms with van der Waals surface area (Å²) in [6.07, 6.45) is -0.482. The molecule has 11 heteroatoms. The van der Waals surface area contributed by atoms with Crippen molar-refractivity contribution in [2.24, 2.45) is 0 Å². The average Bonchev–Trinajstić information content (AvgIpc) is 2.94. The lowest BCUT2D eigenvalue weighted by Gasteiger charge is -2.36. The van der Waals surface area contributed by atoms with E-state index < -0.39 is 16.1 Å². The Kier molecular flexibility index (Phi) is 6.44. The molecule has 1 atom stereocenters. The maximum absolute atomic E-state index is 12.8. The molecular formula is C14H23ClN4O5S. The van der Waals surface area contributed by atoms with Gasteiger partial charge in [0.15, 0.2) is 5.76 Å². The highest BCUT2D eigenvalue weighted by Gasteiger charge is 2.36. The molecule has 2 fully saturated rings. The minimum atomic E-state index is -3.66. The molecule has 0 radical (unpaired) electrons. The van der Waals surface area contributed by atoms with Gasteiger partial charge in [-0.25, -0.2) is 8.42 Å². The van der Waals surface area contributed by atoms with Gasteiger partial charge in [-0.3, -0.25) is 4.79 Å². The summed E-state index contributed by atoms with van der Waals surface area (Å²) < 4.78 is 37.3. The number of morpholine rings is 1. The first kappa shape index (κ1) is 20.1. The number of aryl methyl sites for hydroxylation is 2. The van der Waals surface area contributed by atoms with Crippen LogP contribution in [0.4, 0.5) is 0 Å². The SMILES string of the molecule is Cc1noc(C)c1S(=O)(=O)N1CCN(C(=O)C2CNCCO2)CC1.Cl. The van der Waals surface area contributed by atoms with E-state index in [1.165, 1.54) is 4.31 Å². The molecule has 0 aliphatic carbocycles. The highest BCUT2D eigenvalue weighted by molar-refractivity contribution is 7.89. The third kappa shape index (κ3) is 3.98. The molecular weight excluding hydrogens is 372 g/mol. The van der Waals surface area contributed by atoms with Gasteiger partial charge in [-0.2, -0.15) is 4.31 Å². The van der Waals surface area contributed by atoms with Crippen LogP contribution in [0.25, 0.3) is 0 Å². The molecule has 9 nitrogen and oxygen atoms in total. The molecule has 2 aliphatic rings. The van der Waals surface area contributed by atoms with Gasteiger partial charge >= 0.3 is 0 Å². The quantitative estimate of drug-likeness (QED) is 0.739. The van der Waals surface area contributed by atoms with E-state index in [0.29, 0.717) is 31.9 Å². The normalized spacial score (nSPS) is 22.5. The summed E-state index contributed by atoms with van der Waals surface area (Å²) in [4.78, 5) is 14.2. The Morgan fingerprint density at radius 1 is 1.24 bits per heavy atom. The Hall–Kier alpha value is -1.20. The van der Waals surface area contributed by atoms with Crippen LogP contribution < -0.4 is 5.32 Å². The summed E-state index contributed by atoms with van der Waals surface area (Å²) in [6.45, 7) is 6.14.